The highest BCUT2D eigenvalue weighted by Crippen LogP contribution is 2.32. The minimum Gasteiger partial charge on any atom is -0.454 e. The maximum atomic E-state index is 11.8. The first-order valence-corrected chi connectivity index (χ1v) is 7.56. The van der Waals surface area contributed by atoms with Crippen molar-refractivity contribution in [1.29, 1.82) is 0 Å². The maximum Gasteiger partial charge on any atom is 0.231 e. The van der Waals surface area contributed by atoms with Crippen molar-refractivity contribution in [2.24, 2.45) is 0 Å². The highest BCUT2D eigenvalue weighted by molar-refractivity contribution is 5.93. The lowest BCUT2D eigenvalue weighted by molar-refractivity contribution is -0.124. The first-order chi connectivity index (χ1) is 11.7. The van der Waals surface area contributed by atoms with Gasteiger partial charge in [0.1, 0.15) is 0 Å². The van der Waals surface area contributed by atoms with Crippen LogP contribution in [-0.4, -0.2) is 23.6 Å². The van der Waals surface area contributed by atoms with Crippen LogP contribution in [0.15, 0.2) is 42.7 Å². The molecule has 0 unspecified atom stereocenters. The summed E-state index contributed by atoms with van der Waals surface area (Å²) in [5.41, 5.74) is 1.52. The topological polar surface area (TPSA) is 89.6 Å². The maximum absolute atomic E-state index is 11.8. The lowest BCUT2D eigenvalue weighted by atomic mass is 10.2. The summed E-state index contributed by atoms with van der Waals surface area (Å²) >= 11 is 0. The Morgan fingerprint density at radius 1 is 1.08 bits per heavy atom. The molecule has 1 aliphatic heterocycles. The van der Waals surface area contributed by atoms with Gasteiger partial charge in [-0.25, -0.2) is 0 Å². The molecule has 2 amide bonds. The number of hydrogen-bond acceptors (Lipinski definition) is 5. The van der Waals surface area contributed by atoms with Gasteiger partial charge in [-0.1, -0.05) is 6.07 Å². The smallest absolute Gasteiger partial charge is 0.231 e. The van der Waals surface area contributed by atoms with E-state index in [1.807, 2.05) is 18.2 Å². The highest BCUT2D eigenvalue weighted by Gasteiger charge is 2.13. The summed E-state index contributed by atoms with van der Waals surface area (Å²) in [6.45, 7) is 0.594. The number of aromatic nitrogens is 1. The molecule has 7 nitrogen and oxygen atoms in total. The Morgan fingerprint density at radius 2 is 1.92 bits per heavy atom. The lowest BCUT2D eigenvalue weighted by Crippen LogP contribution is -2.24. The molecule has 2 N–H and O–H groups in total. The van der Waals surface area contributed by atoms with Crippen LogP contribution in [0.2, 0.25) is 0 Å². The number of anilines is 1. The van der Waals surface area contributed by atoms with E-state index in [0.717, 1.165) is 5.56 Å². The molecule has 0 atom stereocenters. The zero-order valence-electron chi connectivity index (χ0n) is 13.0. The molecule has 0 saturated carbocycles. The largest absolute Gasteiger partial charge is 0.454 e. The van der Waals surface area contributed by atoms with Crippen molar-refractivity contribution in [2.75, 3.05) is 12.1 Å². The van der Waals surface area contributed by atoms with Gasteiger partial charge in [0.15, 0.2) is 11.5 Å². The van der Waals surface area contributed by atoms with E-state index in [2.05, 4.69) is 15.6 Å². The molecule has 2 heterocycles. The number of fused-ring (bicyclic) bond motifs is 1. The summed E-state index contributed by atoms with van der Waals surface area (Å²) in [5.74, 6) is 0.977. The van der Waals surface area contributed by atoms with E-state index in [1.165, 1.54) is 0 Å². The van der Waals surface area contributed by atoms with Crippen molar-refractivity contribution in [3.8, 4) is 11.5 Å². The number of benzene rings is 1. The minimum absolute atomic E-state index is 0.113. The molecule has 0 spiro atoms. The van der Waals surface area contributed by atoms with Crippen LogP contribution in [0.4, 0.5) is 5.69 Å². The number of amides is 2. The van der Waals surface area contributed by atoms with Crippen LogP contribution < -0.4 is 20.1 Å². The molecule has 0 saturated heterocycles. The SMILES string of the molecule is O=C(CCC(=O)Nc1cccnc1)NCc1ccc2c(c1)OCO2. The van der Waals surface area contributed by atoms with Gasteiger partial charge in [0, 0.05) is 25.6 Å². The van der Waals surface area contributed by atoms with E-state index in [1.54, 1.807) is 24.5 Å². The van der Waals surface area contributed by atoms with Crippen molar-refractivity contribution < 1.29 is 19.1 Å². The lowest BCUT2D eigenvalue weighted by Gasteiger charge is -2.07. The van der Waals surface area contributed by atoms with Gasteiger partial charge in [0.25, 0.3) is 0 Å². The predicted octanol–water partition coefficient (Wildman–Crippen LogP) is 1.85. The monoisotopic (exact) mass is 327 g/mol. The summed E-state index contributed by atoms with van der Waals surface area (Å²) < 4.78 is 10.5. The Balaban J connectivity index is 1.40. The molecule has 0 aliphatic carbocycles. The molecule has 3 rings (SSSR count). The van der Waals surface area contributed by atoms with Gasteiger partial charge >= 0.3 is 0 Å². The molecule has 0 radical (unpaired) electrons. The van der Waals surface area contributed by atoms with Gasteiger partial charge in [-0.15, -0.1) is 0 Å². The van der Waals surface area contributed by atoms with Crippen molar-refractivity contribution >= 4 is 17.5 Å². The second kappa shape index (κ2) is 7.45. The predicted molar refractivity (Wildman–Crippen MR) is 86.5 cm³/mol. The summed E-state index contributed by atoms with van der Waals surface area (Å²) in [5, 5.41) is 5.47. The van der Waals surface area contributed by atoms with E-state index in [-0.39, 0.29) is 31.4 Å². The van der Waals surface area contributed by atoms with Crippen molar-refractivity contribution in [2.45, 2.75) is 19.4 Å². The fraction of sp³-hybridized carbons (Fsp3) is 0.235. The zero-order valence-corrected chi connectivity index (χ0v) is 13.0. The Labute approximate surface area is 139 Å². The van der Waals surface area contributed by atoms with Crippen LogP contribution in [0.25, 0.3) is 0 Å². The Bertz CT molecular complexity index is 734. The summed E-state index contributed by atoms with van der Waals surface area (Å²) in [7, 11) is 0. The first-order valence-electron chi connectivity index (χ1n) is 7.56. The fourth-order valence-corrected chi connectivity index (χ4v) is 2.23. The third-order valence-corrected chi connectivity index (χ3v) is 3.45. The number of carbonyl (C=O) groups excluding carboxylic acids is 2. The average Bonchev–Trinajstić information content (AvgIpc) is 3.07. The van der Waals surface area contributed by atoms with Crippen LogP contribution in [-0.2, 0) is 16.1 Å². The number of rotatable bonds is 6. The Morgan fingerprint density at radius 3 is 2.75 bits per heavy atom. The minimum atomic E-state index is -0.221. The number of hydrogen-bond donors (Lipinski definition) is 2. The summed E-state index contributed by atoms with van der Waals surface area (Å²) in [6, 6.07) is 8.98. The van der Waals surface area contributed by atoms with Crippen LogP contribution in [0.1, 0.15) is 18.4 Å². The van der Waals surface area contributed by atoms with Crippen molar-refractivity contribution in [1.82, 2.24) is 10.3 Å². The molecule has 1 aromatic carbocycles. The molecular weight excluding hydrogens is 310 g/mol. The Kier molecular flexibility index (Phi) is 4.90. The van der Waals surface area contributed by atoms with Crippen LogP contribution in [0, 0.1) is 0 Å². The van der Waals surface area contributed by atoms with E-state index in [9.17, 15) is 9.59 Å². The zero-order chi connectivity index (χ0) is 16.8. The van der Waals surface area contributed by atoms with Crippen molar-refractivity contribution in [3.05, 3.63) is 48.3 Å². The van der Waals surface area contributed by atoms with E-state index >= 15 is 0 Å². The number of pyridine rings is 1. The van der Waals surface area contributed by atoms with Gasteiger partial charge in [-0.2, -0.15) is 0 Å². The highest BCUT2D eigenvalue weighted by atomic mass is 16.7. The number of carbonyl (C=O) groups is 2. The quantitative estimate of drug-likeness (QED) is 0.845. The third-order valence-electron chi connectivity index (χ3n) is 3.45. The molecule has 0 bridgehead atoms. The van der Waals surface area contributed by atoms with Crippen LogP contribution in [0.3, 0.4) is 0 Å². The van der Waals surface area contributed by atoms with Crippen LogP contribution >= 0.6 is 0 Å². The first kappa shape index (κ1) is 15.8. The average molecular weight is 327 g/mol. The fourth-order valence-electron chi connectivity index (χ4n) is 2.23. The number of ether oxygens (including phenoxy) is 2. The molecule has 0 fully saturated rings. The Hall–Kier alpha value is -3.09. The molecule has 2 aromatic rings. The van der Waals surface area contributed by atoms with Gasteiger partial charge in [0.05, 0.1) is 11.9 Å². The molecular formula is C17H17N3O4. The molecule has 24 heavy (non-hydrogen) atoms. The van der Waals surface area contributed by atoms with E-state index in [0.29, 0.717) is 23.7 Å². The number of nitrogens with zero attached hydrogens (tertiary/aromatic N) is 1. The normalized spacial score (nSPS) is 11.8. The van der Waals surface area contributed by atoms with E-state index < -0.39 is 0 Å². The number of nitrogens with one attached hydrogen (secondary N) is 2. The second-order valence-corrected chi connectivity index (χ2v) is 5.25. The second-order valence-electron chi connectivity index (χ2n) is 5.25. The standard InChI is InChI=1S/C17H17N3O4/c21-16(5-6-17(22)20-13-2-1-7-18-10-13)19-9-12-3-4-14-15(8-12)24-11-23-14/h1-4,7-8,10H,5-6,9,11H2,(H,19,21)(H,20,22). The van der Waals surface area contributed by atoms with Crippen LogP contribution in [0.5, 0.6) is 11.5 Å². The summed E-state index contributed by atoms with van der Waals surface area (Å²) in [4.78, 5) is 27.5. The summed E-state index contributed by atoms with van der Waals surface area (Å²) in [6.07, 6.45) is 3.41. The molecule has 7 heteroatoms. The van der Waals surface area contributed by atoms with Crippen molar-refractivity contribution in [3.63, 3.8) is 0 Å². The van der Waals surface area contributed by atoms with Gasteiger partial charge < -0.3 is 20.1 Å². The molecule has 1 aromatic heterocycles. The molecule has 1 aliphatic rings. The van der Waals surface area contributed by atoms with Gasteiger partial charge in [-0.3, -0.25) is 14.6 Å². The third kappa shape index (κ3) is 4.22. The molecule has 124 valence electrons. The van der Waals surface area contributed by atoms with Gasteiger partial charge in [-0.05, 0) is 29.8 Å². The van der Waals surface area contributed by atoms with Gasteiger partial charge in [0.2, 0.25) is 18.6 Å². The van der Waals surface area contributed by atoms with E-state index in [4.69, 9.17) is 9.47 Å².